The third-order valence-corrected chi connectivity index (χ3v) is 11.9. The molecule has 3 aromatic heterocycles. The van der Waals surface area contributed by atoms with E-state index in [1.54, 1.807) is 0 Å². The van der Waals surface area contributed by atoms with E-state index < -0.39 is 0 Å². The molecule has 58 heavy (non-hydrogen) atoms. The van der Waals surface area contributed by atoms with E-state index in [2.05, 4.69) is 185 Å². The van der Waals surface area contributed by atoms with Gasteiger partial charge in [0, 0.05) is 49.6 Å². The largest absolute Gasteiger partial charge is 0.454 e. The highest BCUT2D eigenvalue weighted by atomic mass is 16.3. The normalized spacial score (nSPS) is 14.3. The molecule has 11 aromatic rings. The zero-order valence-corrected chi connectivity index (χ0v) is 31.5. The summed E-state index contributed by atoms with van der Waals surface area (Å²) in [6.45, 7) is 0. The number of hydrogen-bond donors (Lipinski definition) is 0. The summed E-state index contributed by atoms with van der Waals surface area (Å²) in [6.07, 6.45) is 7.84. The highest BCUT2D eigenvalue weighted by Gasteiger charge is 2.25. The topological polar surface area (TPSA) is 34.5 Å². The number of furan rings is 2. The zero-order chi connectivity index (χ0) is 38.2. The summed E-state index contributed by atoms with van der Waals surface area (Å²) >= 11 is 0. The minimum Gasteiger partial charge on any atom is -0.454 e. The zero-order valence-electron chi connectivity index (χ0n) is 31.5. The average Bonchev–Trinajstić information content (AvgIpc) is 3.97. The van der Waals surface area contributed by atoms with E-state index in [1.807, 2.05) is 24.3 Å². The first kappa shape index (κ1) is 32.7. The van der Waals surface area contributed by atoms with Crippen LogP contribution in [0.1, 0.15) is 17.9 Å². The highest BCUT2D eigenvalue weighted by molar-refractivity contribution is 6.13. The first-order valence-corrected chi connectivity index (χ1v) is 19.9. The number of nitrogens with zero attached hydrogens (tertiary/aromatic N) is 2. The molecule has 1 aliphatic carbocycles. The minimum absolute atomic E-state index is 0.217. The Morgan fingerprint density at radius 2 is 1.05 bits per heavy atom. The van der Waals surface area contributed by atoms with Crippen LogP contribution in [0.4, 0.5) is 11.4 Å². The van der Waals surface area contributed by atoms with Crippen LogP contribution in [0.5, 0.6) is 0 Å². The van der Waals surface area contributed by atoms with Crippen LogP contribution < -0.4 is 4.90 Å². The van der Waals surface area contributed by atoms with Crippen LogP contribution >= 0.6 is 0 Å². The Labute approximate surface area is 334 Å². The Morgan fingerprint density at radius 1 is 0.466 bits per heavy atom. The van der Waals surface area contributed by atoms with Gasteiger partial charge in [0.15, 0.2) is 11.2 Å². The van der Waals surface area contributed by atoms with Crippen molar-refractivity contribution in [3.05, 3.63) is 211 Å². The Balaban J connectivity index is 0.944. The molecule has 0 aliphatic heterocycles. The fraction of sp³-hybridized carbons (Fsp3) is 0.0370. The van der Waals surface area contributed by atoms with Crippen molar-refractivity contribution in [1.29, 1.82) is 0 Å². The summed E-state index contributed by atoms with van der Waals surface area (Å²) < 4.78 is 15.7. The number of benzene rings is 8. The van der Waals surface area contributed by atoms with Gasteiger partial charge in [-0.05, 0) is 77.7 Å². The van der Waals surface area contributed by atoms with Gasteiger partial charge < -0.3 is 18.3 Å². The quantitative estimate of drug-likeness (QED) is 0.170. The molecule has 4 nitrogen and oxygen atoms in total. The number of para-hydroxylation sites is 6. The summed E-state index contributed by atoms with van der Waals surface area (Å²) in [4.78, 5) is 2.32. The van der Waals surface area contributed by atoms with E-state index in [0.29, 0.717) is 0 Å². The second-order valence-electron chi connectivity index (χ2n) is 15.2. The van der Waals surface area contributed by atoms with E-state index in [9.17, 15) is 0 Å². The van der Waals surface area contributed by atoms with Crippen molar-refractivity contribution in [1.82, 2.24) is 4.57 Å². The van der Waals surface area contributed by atoms with Crippen LogP contribution in [-0.4, -0.2) is 4.57 Å². The van der Waals surface area contributed by atoms with Crippen molar-refractivity contribution >= 4 is 77.1 Å². The third-order valence-electron chi connectivity index (χ3n) is 11.9. The fourth-order valence-corrected chi connectivity index (χ4v) is 9.20. The van der Waals surface area contributed by atoms with Crippen LogP contribution in [0, 0.1) is 0 Å². The van der Waals surface area contributed by atoms with E-state index in [1.165, 1.54) is 38.5 Å². The van der Waals surface area contributed by atoms with Crippen molar-refractivity contribution in [2.45, 2.75) is 12.3 Å². The summed E-state index contributed by atoms with van der Waals surface area (Å²) in [7, 11) is 0. The Morgan fingerprint density at radius 3 is 1.74 bits per heavy atom. The van der Waals surface area contributed by atoms with Crippen LogP contribution in [0.25, 0.3) is 82.5 Å². The first-order valence-electron chi connectivity index (χ1n) is 19.9. The maximum Gasteiger partial charge on any atom is 0.159 e. The molecule has 8 aromatic carbocycles. The van der Waals surface area contributed by atoms with Gasteiger partial charge in [-0.3, -0.25) is 0 Å². The number of hydrogen-bond acceptors (Lipinski definition) is 3. The molecule has 1 unspecified atom stereocenters. The predicted molar refractivity (Wildman–Crippen MR) is 240 cm³/mol. The summed E-state index contributed by atoms with van der Waals surface area (Å²) in [5.74, 6) is 0.217. The molecule has 12 rings (SSSR count). The van der Waals surface area contributed by atoms with Crippen molar-refractivity contribution in [3.63, 3.8) is 0 Å². The number of aromatic nitrogens is 1. The summed E-state index contributed by atoms with van der Waals surface area (Å²) in [6, 6.07) is 64.8. The van der Waals surface area contributed by atoms with Crippen LogP contribution in [0.3, 0.4) is 0 Å². The predicted octanol–water partition coefficient (Wildman–Crippen LogP) is 15.0. The van der Waals surface area contributed by atoms with Crippen molar-refractivity contribution in [3.8, 4) is 16.8 Å². The molecule has 4 heteroatoms. The van der Waals surface area contributed by atoms with E-state index in [0.717, 1.165) is 73.1 Å². The number of allylic oxidation sites excluding steroid dienone is 3. The lowest BCUT2D eigenvalue weighted by molar-refractivity contribution is 0.665. The van der Waals surface area contributed by atoms with Gasteiger partial charge >= 0.3 is 0 Å². The van der Waals surface area contributed by atoms with Gasteiger partial charge in [0.05, 0.1) is 22.4 Å². The molecular weight excluding hydrogens is 709 g/mol. The lowest BCUT2D eigenvalue weighted by Crippen LogP contribution is -2.17. The van der Waals surface area contributed by atoms with Gasteiger partial charge in [-0.1, -0.05) is 146 Å². The third kappa shape index (κ3) is 5.08. The molecule has 0 saturated carbocycles. The smallest absolute Gasteiger partial charge is 0.159 e. The lowest BCUT2D eigenvalue weighted by atomic mass is 9.89. The molecular formula is C54H36N2O2. The molecule has 0 fully saturated rings. The number of anilines is 2. The van der Waals surface area contributed by atoms with Crippen molar-refractivity contribution in [2.75, 3.05) is 4.90 Å². The van der Waals surface area contributed by atoms with Gasteiger partial charge in [-0.15, -0.1) is 0 Å². The Kier molecular flexibility index (Phi) is 7.32. The molecule has 0 spiro atoms. The molecule has 1 atom stereocenters. The maximum absolute atomic E-state index is 6.64. The maximum atomic E-state index is 6.64. The lowest BCUT2D eigenvalue weighted by Gasteiger charge is -2.29. The van der Waals surface area contributed by atoms with Gasteiger partial charge in [-0.25, -0.2) is 0 Å². The van der Waals surface area contributed by atoms with Crippen molar-refractivity contribution < 1.29 is 8.83 Å². The summed E-state index contributed by atoms with van der Waals surface area (Å²) in [5.41, 5.74) is 13.8. The molecule has 3 heterocycles. The van der Waals surface area contributed by atoms with Crippen molar-refractivity contribution in [2.24, 2.45) is 0 Å². The van der Waals surface area contributed by atoms with E-state index in [4.69, 9.17) is 8.83 Å². The standard InChI is InChI=1S/C54H36N2O2/c1-2-15-39(16-3-1)55-47-22-7-4-17-41(47)42-32-29-38(34-50(42)55)37-14-10-13-36(33-37)35-27-30-40(31-28-35)56(48-23-11-20-45-43-18-5-8-25-51(43)57-53(45)48)49-24-12-21-46-44-19-6-9-26-52(44)58-54(46)49/h1-27,29-35H,28H2. The van der Waals surface area contributed by atoms with Gasteiger partial charge in [-0.2, -0.15) is 0 Å². The Bertz CT molecular complexity index is 3340. The molecule has 0 bridgehead atoms. The van der Waals surface area contributed by atoms with Gasteiger partial charge in [0.25, 0.3) is 0 Å². The molecule has 0 saturated heterocycles. The SMILES string of the molecule is C1=CC(c2cccc(-c3ccc4c5ccccc5n(-c5ccccc5)c4c3)c2)CC=C1N(c1cccc2c1oc1ccccc12)c1cccc2c1oc1ccccc12. The first-order chi connectivity index (χ1) is 28.8. The molecule has 1 aliphatic rings. The van der Waals surface area contributed by atoms with Crippen LogP contribution in [0.15, 0.2) is 215 Å². The second kappa shape index (κ2) is 13.0. The van der Waals surface area contributed by atoms with E-state index in [-0.39, 0.29) is 5.92 Å². The molecule has 0 amide bonds. The fourth-order valence-electron chi connectivity index (χ4n) is 9.20. The van der Waals surface area contributed by atoms with Gasteiger partial charge in [0.1, 0.15) is 11.2 Å². The molecule has 274 valence electrons. The monoisotopic (exact) mass is 744 g/mol. The number of fused-ring (bicyclic) bond motifs is 9. The number of rotatable bonds is 6. The average molecular weight is 745 g/mol. The minimum atomic E-state index is 0.217. The van der Waals surface area contributed by atoms with Gasteiger partial charge in [0.2, 0.25) is 0 Å². The summed E-state index contributed by atoms with van der Waals surface area (Å²) in [5, 5.41) is 6.91. The van der Waals surface area contributed by atoms with Crippen LogP contribution in [-0.2, 0) is 0 Å². The Hall–Kier alpha value is -7.56. The van der Waals surface area contributed by atoms with Crippen LogP contribution in [0.2, 0.25) is 0 Å². The second-order valence-corrected chi connectivity index (χ2v) is 15.2. The molecule has 0 radical (unpaired) electrons. The molecule has 0 N–H and O–H groups in total. The highest BCUT2D eigenvalue weighted by Crippen LogP contribution is 2.45. The van der Waals surface area contributed by atoms with E-state index >= 15 is 0 Å².